The van der Waals surface area contributed by atoms with Crippen molar-refractivity contribution in [2.45, 2.75) is 31.3 Å². The van der Waals surface area contributed by atoms with E-state index >= 15 is 0 Å². The molecule has 1 aliphatic carbocycles. The lowest BCUT2D eigenvalue weighted by molar-refractivity contribution is -0.0312. The van der Waals surface area contributed by atoms with Crippen molar-refractivity contribution >= 4 is 22.6 Å². The number of hydrogen-bond donors (Lipinski definition) is 0. The SMILES string of the molecule is COC1(c2nnc(I)o2)CCCC1. The fourth-order valence-corrected chi connectivity index (χ4v) is 2.16. The Morgan fingerprint density at radius 2 is 2.08 bits per heavy atom. The van der Waals surface area contributed by atoms with Gasteiger partial charge in [-0.15, -0.1) is 10.2 Å². The number of halogens is 1. The van der Waals surface area contributed by atoms with E-state index in [2.05, 4.69) is 10.2 Å². The van der Waals surface area contributed by atoms with Crippen LogP contribution in [0, 0.1) is 3.90 Å². The van der Waals surface area contributed by atoms with Crippen LogP contribution in [0.25, 0.3) is 0 Å². The van der Waals surface area contributed by atoms with Gasteiger partial charge in [0.15, 0.2) is 0 Å². The molecule has 13 heavy (non-hydrogen) atoms. The second-order valence-corrected chi connectivity index (χ2v) is 4.19. The van der Waals surface area contributed by atoms with Gasteiger partial charge >= 0.3 is 0 Å². The van der Waals surface area contributed by atoms with Gasteiger partial charge in [-0.25, -0.2) is 0 Å². The van der Waals surface area contributed by atoms with Gasteiger partial charge in [-0.2, -0.15) is 0 Å². The molecule has 0 amide bonds. The van der Waals surface area contributed by atoms with E-state index in [0.29, 0.717) is 9.79 Å². The van der Waals surface area contributed by atoms with Crippen molar-refractivity contribution in [2.24, 2.45) is 0 Å². The highest BCUT2D eigenvalue weighted by Crippen LogP contribution is 2.40. The quantitative estimate of drug-likeness (QED) is 0.784. The maximum absolute atomic E-state index is 5.50. The van der Waals surface area contributed by atoms with Crippen molar-refractivity contribution in [1.29, 1.82) is 0 Å². The Morgan fingerprint density at radius 3 is 2.54 bits per heavy atom. The summed E-state index contributed by atoms with van der Waals surface area (Å²) in [4.78, 5) is 0. The van der Waals surface area contributed by atoms with Crippen LogP contribution in [0.3, 0.4) is 0 Å². The summed E-state index contributed by atoms with van der Waals surface area (Å²) >= 11 is 2.01. The second kappa shape index (κ2) is 3.53. The number of methoxy groups -OCH3 is 1. The number of aromatic nitrogens is 2. The second-order valence-electron chi connectivity index (χ2n) is 3.27. The standard InChI is InChI=1S/C8H11IN2O2/c1-12-8(4-2-3-5-8)6-10-11-7(9)13-6/h2-5H2,1H3. The third kappa shape index (κ3) is 1.59. The Morgan fingerprint density at radius 1 is 1.38 bits per heavy atom. The first-order valence-corrected chi connectivity index (χ1v) is 5.39. The molecule has 1 aromatic rings. The first-order chi connectivity index (χ1) is 6.27. The van der Waals surface area contributed by atoms with Crippen LogP contribution in [-0.4, -0.2) is 17.3 Å². The van der Waals surface area contributed by atoms with Gasteiger partial charge in [0.05, 0.1) is 0 Å². The minimum absolute atomic E-state index is 0.295. The summed E-state index contributed by atoms with van der Waals surface area (Å²) in [5, 5.41) is 7.84. The smallest absolute Gasteiger partial charge is 0.278 e. The molecule has 0 aliphatic heterocycles. The molecule has 0 bridgehead atoms. The third-order valence-corrected chi connectivity index (χ3v) is 3.03. The van der Waals surface area contributed by atoms with E-state index in [1.807, 2.05) is 22.6 Å². The minimum Gasteiger partial charge on any atom is -0.413 e. The third-order valence-electron chi connectivity index (χ3n) is 2.59. The number of nitrogens with zero attached hydrogens (tertiary/aromatic N) is 2. The van der Waals surface area contributed by atoms with Gasteiger partial charge < -0.3 is 9.15 Å². The van der Waals surface area contributed by atoms with Crippen molar-refractivity contribution in [3.05, 3.63) is 9.79 Å². The van der Waals surface area contributed by atoms with Gasteiger partial charge in [0.2, 0.25) is 5.89 Å². The lowest BCUT2D eigenvalue weighted by atomic mass is 10.0. The summed E-state index contributed by atoms with van der Waals surface area (Å²) in [5.41, 5.74) is -0.295. The van der Waals surface area contributed by atoms with Crippen molar-refractivity contribution < 1.29 is 9.15 Å². The molecule has 0 saturated heterocycles. The van der Waals surface area contributed by atoms with E-state index in [-0.39, 0.29) is 5.60 Å². The summed E-state index contributed by atoms with van der Waals surface area (Å²) in [6.07, 6.45) is 4.32. The van der Waals surface area contributed by atoms with Crippen molar-refractivity contribution in [3.8, 4) is 0 Å². The molecule has 0 aromatic carbocycles. The Hall–Kier alpha value is -0.170. The molecule has 0 N–H and O–H groups in total. The van der Waals surface area contributed by atoms with Gasteiger partial charge in [-0.3, -0.25) is 0 Å². The predicted octanol–water partition coefficient (Wildman–Crippen LogP) is 2.09. The Bertz CT molecular complexity index is 294. The lowest BCUT2D eigenvalue weighted by Gasteiger charge is -2.22. The van der Waals surface area contributed by atoms with Crippen LogP contribution in [0.1, 0.15) is 31.6 Å². The average Bonchev–Trinajstić information content (AvgIpc) is 2.73. The maximum atomic E-state index is 5.50. The molecule has 0 unspecified atom stereocenters. The van der Waals surface area contributed by atoms with Crippen molar-refractivity contribution in [2.75, 3.05) is 7.11 Å². The van der Waals surface area contributed by atoms with Crippen LogP contribution < -0.4 is 0 Å². The Balaban J connectivity index is 2.30. The highest BCUT2D eigenvalue weighted by Gasteiger charge is 2.40. The molecule has 1 aliphatic rings. The van der Waals surface area contributed by atoms with E-state index in [0.717, 1.165) is 12.8 Å². The molecule has 0 spiro atoms. The summed E-state index contributed by atoms with van der Waals surface area (Å²) in [6.45, 7) is 0. The van der Waals surface area contributed by atoms with Crippen LogP contribution in [0.4, 0.5) is 0 Å². The minimum atomic E-state index is -0.295. The van der Waals surface area contributed by atoms with E-state index in [1.165, 1.54) is 12.8 Å². The molecule has 72 valence electrons. The van der Waals surface area contributed by atoms with Gasteiger partial charge in [0.1, 0.15) is 5.60 Å². The normalized spacial score (nSPS) is 20.8. The molecular weight excluding hydrogens is 283 g/mol. The lowest BCUT2D eigenvalue weighted by Crippen LogP contribution is -2.24. The van der Waals surface area contributed by atoms with Crippen LogP contribution in [-0.2, 0) is 10.3 Å². The van der Waals surface area contributed by atoms with Crippen molar-refractivity contribution in [1.82, 2.24) is 10.2 Å². The van der Waals surface area contributed by atoms with E-state index < -0.39 is 0 Å². The average molecular weight is 294 g/mol. The zero-order valence-corrected chi connectivity index (χ0v) is 9.57. The molecule has 2 rings (SSSR count). The highest BCUT2D eigenvalue weighted by molar-refractivity contribution is 14.1. The van der Waals surface area contributed by atoms with E-state index in [4.69, 9.17) is 9.15 Å². The summed E-state index contributed by atoms with van der Waals surface area (Å²) < 4.78 is 11.5. The molecule has 4 nitrogen and oxygen atoms in total. The van der Waals surface area contributed by atoms with Crippen LogP contribution >= 0.6 is 22.6 Å². The molecule has 1 heterocycles. The molecule has 0 atom stereocenters. The molecule has 1 aromatic heterocycles. The maximum Gasteiger partial charge on any atom is 0.278 e. The first kappa shape index (κ1) is 9.39. The number of rotatable bonds is 2. The zero-order chi connectivity index (χ0) is 9.31. The molecule has 0 radical (unpaired) electrons. The fraction of sp³-hybridized carbons (Fsp3) is 0.750. The summed E-state index contributed by atoms with van der Waals surface area (Å²) in [6, 6.07) is 0. The number of hydrogen-bond acceptors (Lipinski definition) is 4. The Kier molecular flexibility index (Phi) is 2.55. The highest BCUT2D eigenvalue weighted by atomic mass is 127. The molecule has 5 heteroatoms. The first-order valence-electron chi connectivity index (χ1n) is 4.31. The monoisotopic (exact) mass is 294 g/mol. The molecule has 1 saturated carbocycles. The summed E-state index contributed by atoms with van der Waals surface area (Å²) in [7, 11) is 1.71. The van der Waals surface area contributed by atoms with E-state index in [9.17, 15) is 0 Å². The van der Waals surface area contributed by atoms with Crippen LogP contribution in [0.2, 0.25) is 0 Å². The van der Waals surface area contributed by atoms with Gasteiger partial charge in [-0.1, -0.05) is 0 Å². The summed E-state index contributed by atoms with van der Waals surface area (Å²) in [5.74, 6) is 0.636. The van der Waals surface area contributed by atoms with Gasteiger partial charge in [0.25, 0.3) is 3.90 Å². The Labute approximate surface area is 90.2 Å². The van der Waals surface area contributed by atoms with Gasteiger partial charge in [0, 0.05) is 29.7 Å². The largest absolute Gasteiger partial charge is 0.413 e. The number of ether oxygens (including phenoxy) is 1. The van der Waals surface area contributed by atoms with E-state index in [1.54, 1.807) is 7.11 Å². The van der Waals surface area contributed by atoms with Gasteiger partial charge in [-0.05, 0) is 25.7 Å². The fourth-order valence-electron chi connectivity index (χ4n) is 1.84. The van der Waals surface area contributed by atoms with Crippen molar-refractivity contribution in [3.63, 3.8) is 0 Å². The van der Waals surface area contributed by atoms with Crippen LogP contribution in [0.15, 0.2) is 4.42 Å². The topological polar surface area (TPSA) is 48.2 Å². The zero-order valence-electron chi connectivity index (χ0n) is 7.42. The molecular formula is C8H11IN2O2. The van der Waals surface area contributed by atoms with Crippen LogP contribution in [0.5, 0.6) is 0 Å². The predicted molar refractivity (Wildman–Crippen MR) is 54.2 cm³/mol. The molecule has 1 fully saturated rings.